The zero-order valence-corrected chi connectivity index (χ0v) is 9.79. The molecule has 3 nitrogen and oxygen atoms in total. The molecule has 14 heavy (non-hydrogen) atoms. The minimum absolute atomic E-state index is 0.441. The van der Waals surface area contributed by atoms with Crippen molar-refractivity contribution in [3.8, 4) is 0 Å². The highest BCUT2D eigenvalue weighted by molar-refractivity contribution is 4.85. The fraction of sp³-hybridized carbons (Fsp3) is 1.00. The summed E-state index contributed by atoms with van der Waals surface area (Å²) in [6, 6.07) is 0. The fourth-order valence-corrected chi connectivity index (χ4v) is 2.05. The Morgan fingerprint density at radius 2 is 2.00 bits per heavy atom. The van der Waals surface area contributed by atoms with Crippen molar-refractivity contribution in [3.63, 3.8) is 0 Å². The summed E-state index contributed by atoms with van der Waals surface area (Å²) in [4.78, 5) is 4.78. The van der Waals surface area contributed by atoms with Gasteiger partial charge >= 0.3 is 0 Å². The highest BCUT2D eigenvalue weighted by Crippen LogP contribution is 2.19. The number of likely N-dealkylation sites (N-methyl/N-ethyl adjacent to an activating group) is 1. The first-order valence-corrected chi connectivity index (χ1v) is 5.74. The summed E-state index contributed by atoms with van der Waals surface area (Å²) >= 11 is 0. The predicted molar refractivity (Wildman–Crippen MR) is 59.5 cm³/mol. The van der Waals surface area contributed by atoms with Crippen LogP contribution in [-0.4, -0.2) is 59.8 Å². The van der Waals surface area contributed by atoms with Crippen molar-refractivity contribution >= 4 is 0 Å². The lowest BCUT2D eigenvalue weighted by Crippen LogP contribution is -2.36. The molecule has 0 spiro atoms. The Morgan fingerprint density at radius 1 is 1.36 bits per heavy atom. The van der Waals surface area contributed by atoms with Crippen LogP contribution in [-0.2, 0) is 0 Å². The third-order valence-corrected chi connectivity index (χ3v) is 3.16. The maximum atomic E-state index is 9.79. The molecule has 1 unspecified atom stereocenters. The zero-order chi connectivity index (χ0) is 10.6. The number of hydrogen-bond donors (Lipinski definition) is 1. The van der Waals surface area contributed by atoms with Gasteiger partial charge in [0.2, 0.25) is 0 Å². The van der Waals surface area contributed by atoms with E-state index >= 15 is 0 Å². The molecule has 0 aromatic rings. The maximum absolute atomic E-state index is 9.79. The molecule has 1 rings (SSSR count). The second kappa shape index (κ2) is 5.10. The lowest BCUT2D eigenvalue weighted by Gasteiger charge is -2.23. The summed E-state index contributed by atoms with van der Waals surface area (Å²) in [5.74, 6) is 0. The lowest BCUT2D eigenvalue weighted by molar-refractivity contribution is 0.0674. The smallest absolute Gasteiger partial charge is 0.0758 e. The van der Waals surface area contributed by atoms with Gasteiger partial charge in [0.1, 0.15) is 0 Å². The number of hydrogen-bond acceptors (Lipinski definition) is 3. The topological polar surface area (TPSA) is 26.7 Å². The van der Waals surface area contributed by atoms with Crippen molar-refractivity contribution in [1.82, 2.24) is 9.80 Å². The van der Waals surface area contributed by atoms with Gasteiger partial charge in [-0.2, -0.15) is 0 Å². The van der Waals surface area contributed by atoms with Gasteiger partial charge in [-0.15, -0.1) is 0 Å². The van der Waals surface area contributed by atoms with Crippen LogP contribution in [0.3, 0.4) is 0 Å². The summed E-state index contributed by atoms with van der Waals surface area (Å²) in [7, 11) is 0. The van der Waals surface area contributed by atoms with E-state index < -0.39 is 5.60 Å². The quantitative estimate of drug-likeness (QED) is 0.710. The summed E-state index contributed by atoms with van der Waals surface area (Å²) < 4.78 is 0. The van der Waals surface area contributed by atoms with Gasteiger partial charge in [-0.3, -0.25) is 4.90 Å². The Morgan fingerprint density at radius 3 is 2.43 bits per heavy atom. The van der Waals surface area contributed by atoms with Crippen LogP contribution >= 0.6 is 0 Å². The normalized spacial score (nSPS) is 28.9. The largest absolute Gasteiger partial charge is 0.389 e. The molecule has 0 aliphatic carbocycles. The van der Waals surface area contributed by atoms with Crippen molar-refractivity contribution in [2.45, 2.75) is 32.8 Å². The standard InChI is InChI=1S/C11H24N2O/c1-4-12(5-2)8-9-13-7-6-11(3,14)10-13/h14H,4-10H2,1-3H3. The van der Waals surface area contributed by atoms with Crippen molar-refractivity contribution in [1.29, 1.82) is 0 Å². The third kappa shape index (κ3) is 3.56. The summed E-state index contributed by atoms with van der Waals surface area (Å²) in [5.41, 5.74) is -0.441. The van der Waals surface area contributed by atoms with Gasteiger partial charge in [0, 0.05) is 26.2 Å². The monoisotopic (exact) mass is 200 g/mol. The van der Waals surface area contributed by atoms with Gasteiger partial charge in [-0.05, 0) is 26.4 Å². The fourth-order valence-electron chi connectivity index (χ4n) is 2.05. The molecule has 0 amide bonds. The minimum Gasteiger partial charge on any atom is -0.389 e. The second-order valence-corrected chi connectivity index (χ2v) is 4.55. The molecule has 0 aromatic carbocycles. The molecule has 0 saturated carbocycles. The van der Waals surface area contributed by atoms with E-state index in [9.17, 15) is 5.11 Å². The van der Waals surface area contributed by atoms with Gasteiger partial charge in [-0.25, -0.2) is 0 Å². The molecule has 0 aromatic heterocycles. The zero-order valence-electron chi connectivity index (χ0n) is 9.79. The average molecular weight is 200 g/mol. The molecule has 1 fully saturated rings. The Kier molecular flexibility index (Phi) is 4.35. The van der Waals surface area contributed by atoms with E-state index in [1.165, 1.54) is 0 Å². The van der Waals surface area contributed by atoms with E-state index in [0.29, 0.717) is 0 Å². The third-order valence-electron chi connectivity index (χ3n) is 3.16. The predicted octanol–water partition coefficient (Wildman–Crippen LogP) is 0.785. The molecule has 1 aliphatic heterocycles. The SMILES string of the molecule is CCN(CC)CCN1CCC(C)(O)C1. The molecular formula is C11H24N2O. The number of aliphatic hydroxyl groups is 1. The molecule has 1 aliphatic rings. The molecule has 0 bridgehead atoms. The van der Waals surface area contributed by atoms with Gasteiger partial charge < -0.3 is 10.0 Å². The Bertz CT molecular complexity index is 167. The first kappa shape index (κ1) is 12.0. The van der Waals surface area contributed by atoms with E-state index in [0.717, 1.165) is 45.7 Å². The molecule has 1 atom stereocenters. The first-order chi connectivity index (χ1) is 6.57. The van der Waals surface area contributed by atoms with Crippen LogP contribution in [0.25, 0.3) is 0 Å². The first-order valence-electron chi connectivity index (χ1n) is 5.74. The van der Waals surface area contributed by atoms with Crippen molar-refractivity contribution in [3.05, 3.63) is 0 Å². The van der Waals surface area contributed by atoms with Crippen LogP contribution < -0.4 is 0 Å². The molecule has 3 heteroatoms. The summed E-state index contributed by atoms with van der Waals surface area (Å²) in [6.45, 7) is 12.7. The van der Waals surface area contributed by atoms with Crippen LogP contribution in [0.1, 0.15) is 27.2 Å². The average Bonchev–Trinajstić information content (AvgIpc) is 2.47. The van der Waals surface area contributed by atoms with Gasteiger partial charge in [0.15, 0.2) is 0 Å². The Balaban J connectivity index is 2.20. The van der Waals surface area contributed by atoms with Gasteiger partial charge in [0.05, 0.1) is 5.60 Å². The maximum Gasteiger partial charge on any atom is 0.0758 e. The Labute approximate surface area is 87.7 Å². The van der Waals surface area contributed by atoms with Crippen LogP contribution in [0.5, 0.6) is 0 Å². The van der Waals surface area contributed by atoms with Crippen LogP contribution in [0.15, 0.2) is 0 Å². The van der Waals surface area contributed by atoms with E-state index in [1.807, 2.05) is 6.92 Å². The lowest BCUT2D eigenvalue weighted by atomic mass is 10.1. The number of likely N-dealkylation sites (tertiary alicyclic amines) is 1. The molecule has 1 heterocycles. The van der Waals surface area contributed by atoms with Crippen molar-refractivity contribution in [2.24, 2.45) is 0 Å². The van der Waals surface area contributed by atoms with Gasteiger partial charge in [0.25, 0.3) is 0 Å². The molecule has 1 saturated heterocycles. The number of rotatable bonds is 5. The van der Waals surface area contributed by atoms with E-state index in [1.54, 1.807) is 0 Å². The number of nitrogens with zero attached hydrogens (tertiary/aromatic N) is 2. The van der Waals surface area contributed by atoms with Crippen LogP contribution in [0, 0.1) is 0 Å². The summed E-state index contributed by atoms with van der Waals surface area (Å²) in [6.07, 6.45) is 0.922. The molecule has 1 N–H and O–H groups in total. The van der Waals surface area contributed by atoms with E-state index in [-0.39, 0.29) is 0 Å². The van der Waals surface area contributed by atoms with Crippen LogP contribution in [0.2, 0.25) is 0 Å². The van der Waals surface area contributed by atoms with Crippen molar-refractivity contribution in [2.75, 3.05) is 39.3 Å². The van der Waals surface area contributed by atoms with Crippen molar-refractivity contribution < 1.29 is 5.11 Å². The highest BCUT2D eigenvalue weighted by atomic mass is 16.3. The molecule has 84 valence electrons. The number of β-amino-alcohol motifs (C(OH)–C–C–N with tert-alkyl or cyclic N) is 1. The molecule has 0 radical (unpaired) electrons. The Hall–Kier alpha value is -0.120. The highest BCUT2D eigenvalue weighted by Gasteiger charge is 2.30. The van der Waals surface area contributed by atoms with Gasteiger partial charge in [-0.1, -0.05) is 13.8 Å². The minimum atomic E-state index is -0.441. The summed E-state index contributed by atoms with van der Waals surface area (Å²) in [5, 5.41) is 9.79. The van der Waals surface area contributed by atoms with Crippen LogP contribution in [0.4, 0.5) is 0 Å². The second-order valence-electron chi connectivity index (χ2n) is 4.55. The van der Waals surface area contributed by atoms with E-state index in [4.69, 9.17) is 0 Å². The van der Waals surface area contributed by atoms with E-state index in [2.05, 4.69) is 23.6 Å². The molecular weight excluding hydrogens is 176 g/mol.